The van der Waals surface area contributed by atoms with Crippen molar-refractivity contribution in [1.82, 2.24) is 0 Å². The SMILES string of the molecule is CCC(CC)(Pc1ccccc1CO)c1ccccc1O. The van der Waals surface area contributed by atoms with Crippen molar-refractivity contribution in [3.05, 3.63) is 59.7 Å². The Morgan fingerprint density at radius 2 is 1.57 bits per heavy atom. The number of para-hydroxylation sites is 1. The number of benzene rings is 2. The van der Waals surface area contributed by atoms with E-state index in [4.69, 9.17) is 0 Å². The van der Waals surface area contributed by atoms with Gasteiger partial charge in [-0.15, -0.1) is 0 Å². The molecule has 0 saturated heterocycles. The summed E-state index contributed by atoms with van der Waals surface area (Å²) < 4.78 is 0. The van der Waals surface area contributed by atoms with Crippen LogP contribution in [0.15, 0.2) is 48.5 Å². The maximum absolute atomic E-state index is 10.3. The van der Waals surface area contributed by atoms with Gasteiger partial charge in [-0.2, -0.15) is 0 Å². The van der Waals surface area contributed by atoms with E-state index < -0.39 is 0 Å². The Morgan fingerprint density at radius 1 is 0.952 bits per heavy atom. The zero-order chi connectivity index (χ0) is 15.3. The predicted octanol–water partition coefficient (Wildman–Crippen LogP) is 3.90. The number of aliphatic hydroxyl groups is 1. The van der Waals surface area contributed by atoms with Crippen LogP contribution in [0.5, 0.6) is 5.75 Å². The van der Waals surface area contributed by atoms with Gasteiger partial charge in [0.05, 0.1) is 6.61 Å². The molecule has 2 aromatic rings. The molecule has 1 unspecified atom stereocenters. The van der Waals surface area contributed by atoms with Crippen molar-refractivity contribution in [3.8, 4) is 5.75 Å². The maximum Gasteiger partial charge on any atom is 0.119 e. The first-order valence-electron chi connectivity index (χ1n) is 7.42. The number of phenolic OH excluding ortho intramolecular Hbond substituents is 1. The molecule has 3 heteroatoms. The van der Waals surface area contributed by atoms with Crippen LogP contribution in [0, 0.1) is 0 Å². The number of hydrogen-bond donors (Lipinski definition) is 2. The highest BCUT2D eigenvalue weighted by molar-refractivity contribution is 7.48. The minimum atomic E-state index is -0.0728. The lowest BCUT2D eigenvalue weighted by Gasteiger charge is -2.33. The molecule has 112 valence electrons. The van der Waals surface area contributed by atoms with Crippen LogP contribution in [0.3, 0.4) is 0 Å². The Kier molecular flexibility index (Phi) is 5.39. The van der Waals surface area contributed by atoms with Crippen molar-refractivity contribution in [2.75, 3.05) is 0 Å². The van der Waals surface area contributed by atoms with Gasteiger partial charge in [0, 0.05) is 10.7 Å². The van der Waals surface area contributed by atoms with Crippen LogP contribution >= 0.6 is 8.58 Å². The third-order valence-electron chi connectivity index (χ3n) is 4.19. The van der Waals surface area contributed by atoms with E-state index in [1.807, 2.05) is 36.4 Å². The molecule has 0 aliphatic heterocycles. The van der Waals surface area contributed by atoms with E-state index >= 15 is 0 Å². The monoisotopic (exact) mass is 302 g/mol. The number of hydrogen-bond acceptors (Lipinski definition) is 2. The third kappa shape index (κ3) is 3.28. The second-order valence-corrected chi connectivity index (χ2v) is 6.99. The molecule has 0 fully saturated rings. The molecule has 2 N–H and O–H groups in total. The Balaban J connectivity index is 2.46. The Hall–Kier alpha value is -1.37. The predicted molar refractivity (Wildman–Crippen MR) is 90.7 cm³/mol. The lowest BCUT2D eigenvalue weighted by atomic mass is 9.92. The highest BCUT2D eigenvalue weighted by Crippen LogP contribution is 2.49. The van der Waals surface area contributed by atoms with Crippen LogP contribution in [0.1, 0.15) is 37.8 Å². The van der Waals surface area contributed by atoms with Gasteiger partial charge in [0.1, 0.15) is 5.75 Å². The molecular weight excluding hydrogens is 279 g/mol. The van der Waals surface area contributed by atoms with Gasteiger partial charge < -0.3 is 10.2 Å². The minimum Gasteiger partial charge on any atom is -0.508 e. The molecule has 0 aromatic heterocycles. The van der Waals surface area contributed by atoms with Crippen LogP contribution in [0.25, 0.3) is 0 Å². The minimum absolute atomic E-state index is 0.0630. The van der Waals surface area contributed by atoms with E-state index in [9.17, 15) is 10.2 Å². The van der Waals surface area contributed by atoms with Gasteiger partial charge in [0.15, 0.2) is 0 Å². The average Bonchev–Trinajstić information content (AvgIpc) is 2.54. The van der Waals surface area contributed by atoms with Gasteiger partial charge in [-0.05, 0) is 29.8 Å². The molecule has 2 aromatic carbocycles. The highest BCUT2D eigenvalue weighted by atomic mass is 31.1. The molecule has 0 saturated carbocycles. The molecule has 2 rings (SSSR count). The smallest absolute Gasteiger partial charge is 0.119 e. The van der Waals surface area contributed by atoms with Crippen LogP contribution in [0.4, 0.5) is 0 Å². The number of aliphatic hydroxyl groups excluding tert-OH is 1. The van der Waals surface area contributed by atoms with Crippen molar-refractivity contribution in [2.45, 2.75) is 38.5 Å². The maximum atomic E-state index is 10.3. The van der Waals surface area contributed by atoms with Gasteiger partial charge in [0.2, 0.25) is 0 Å². The molecule has 0 spiro atoms. The van der Waals surface area contributed by atoms with Gasteiger partial charge in [-0.1, -0.05) is 64.9 Å². The topological polar surface area (TPSA) is 40.5 Å². The summed E-state index contributed by atoms with van der Waals surface area (Å²) in [4.78, 5) is 0. The van der Waals surface area contributed by atoms with Gasteiger partial charge in [0.25, 0.3) is 0 Å². The molecule has 0 aliphatic carbocycles. The first-order valence-corrected chi connectivity index (χ1v) is 8.42. The zero-order valence-corrected chi connectivity index (χ0v) is 13.6. The van der Waals surface area contributed by atoms with Crippen molar-refractivity contribution in [1.29, 1.82) is 0 Å². The summed E-state index contributed by atoms with van der Waals surface area (Å²) in [6.07, 6.45) is 1.92. The molecule has 1 atom stereocenters. The lowest BCUT2D eigenvalue weighted by molar-refractivity contribution is 0.283. The van der Waals surface area contributed by atoms with Gasteiger partial charge in [-0.25, -0.2) is 0 Å². The van der Waals surface area contributed by atoms with Crippen LogP contribution in [-0.4, -0.2) is 10.2 Å². The molecule has 21 heavy (non-hydrogen) atoms. The van der Waals surface area contributed by atoms with E-state index in [-0.39, 0.29) is 11.8 Å². The third-order valence-corrected chi connectivity index (χ3v) is 6.40. The summed E-state index contributed by atoms with van der Waals surface area (Å²) in [6.45, 7) is 4.41. The fraction of sp³-hybridized carbons (Fsp3) is 0.333. The fourth-order valence-electron chi connectivity index (χ4n) is 2.79. The summed E-state index contributed by atoms with van der Waals surface area (Å²) in [6, 6.07) is 15.7. The van der Waals surface area contributed by atoms with Crippen molar-refractivity contribution < 1.29 is 10.2 Å². The standard InChI is InChI=1S/C18H23O2P/c1-3-18(4-2,15-10-6-7-11-16(15)20)21-17-12-8-5-9-14(17)13-19/h5-12,19-21H,3-4,13H2,1-2H3. The van der Waals surface area contributed by atoms with Crippen molar-refractivity contribution in [2.24, 2.45) is 0 Å². The molecule has 0 aliphatic rings. The molecular formula is C18H23O2P. The van der Waals surface area contributed by atoms with E-state index in [2.05, 4.69) is 19.9 Å². The second-order valence-electron chi connectivity index (χ2n) is 5.25. The molecule has 0 bridgehead atoms. The summed E-state index contributed by atoms with van der Waals surface area (Å²) in [5.74, 6) is 0.371. The van der Waals surface area contributed by atoms with Crippen LogP contribution in [-0.2, 0) is 11.8 Å². The van der Waals surface area contributed by atoms with Crippen molar-refractivity contribution >= 4 is 13.9 Å². The molecule has 0 amide bonds. The Labute approximate surface area is 128 Å². The second kappa shape index (κ2) is 7.06. The first kappa shape index (κ1) is 16.0. The quantitative estimate of drug-likeness (QED) is 0.794. The van der Waals surface area contributed by atoms with E-state index in [1.54, 1.807) is 6.07 Å². The number of phenols is 1. The van der Waals surface area contributed by atoms with Gasteiger partial charge in [-0.3, -0.25) is 0 Å². The molecule has 0 radical (unpaired) electrons. The molecule has 0 heterocycles. The van der Waals surface area contributed by atoms with Crippen LogP contribution < -0.4 is 5.30 Å². The van der Waals surface area contributed by atoms with E-state index in [0.717, 1.165) is 24.0 Å². The summed E-state index contributed by atoms with van der Waals surface area (Å²) >= 11 is 0. The lowest BCUT2D eigenvalue weighted by Crippen LogP contribution is -2.23. The summed E-state index contributed by atoms with van der Waals surface area (Å²) in [7, 11) is 0.525. The fourth-order valence-corrected chi connectivity index (χ4v) is 4.51. The largest absolute Gasteiger partial charge is 0.508 e. The van der Waals surface area contributed by atoms with Gasteiger partial charge >= 0.3 is 0 Å². The highest BCUT2D eigenvalue weighted by Gasteiger charge is 2.31. The first-order chi connectivity index (χ1) is 10.2. The Morgan fingerprint density at radius 3 is 2.19 bits per heavy atom. The van der Waals surface area contributed by atoms with E-state index in [0.29, 0.717) is 14.3 Å². The average molecular weight is 302 g/mol. The number of aromatic hydroxyl groups is 1. The van der Waals surface area contributed by atoms with Crippen LogP contribution in [0.2, 0.25) is 0 Å². The Bertz CT molecular complexity index is 591. The normalized spacial score (nSPS) is 12.1. The summed E-state index contributed by atoms with van der Waals surface area (Å²) in [5.41, 5.74) is 2.00. The number of rotatable bonds is 6. The zero-order valence-electron chi connectivity index (χ0n) is 12.6. The summed E-state index contributed by atoms with van der Waals surface area (Å²) in [5, 5.41) is 20.9. The molecule has 2 nitrogen and oxygen atoms in total. The van der Waals surface area contributed by atoms with Crippen molar-refractivity contribution in [3.63, 3.8) is 0 Å². The van der Waals surface area contributed by atoms with E-state index in [1.165, 1.54) is 5.30 Å².